The maximum Gasteiger partial charge on any atom is 0.260 e. The number of morpholine rings is 1. The van der Waals surface area contributed by atoms with E-state index in [1.807, 2.05) is 12.1 Å². The van der Waals surface area contributed by atoms with Gasteiger partial charge in [-0.05, 0) is 30.7 Å². The van der Waals surface area contributed by atoms with Crippen LogP contribution in [-0.2, 0) is 4.74 Å². The highest BCUT2D eigenvalue weighted by atomic mass is 32.1. The minimum absolute atomic E-state index is 0.179. The number of carbonyl (C=O) groups excluding carboxylic acids is 1. The van der Waals surface area contributed by atoms with Crippen LogP contribution in [-0.4, -0.2) is 83.6 Å². The Morgan fingerprint density at radius 1 is 1.00 bits per heavy atom. The second kappa shape index (κ2) is 11.6. The summed E-state index contributed by atoms with van der Waals surface area (Å²) in [6.07, 6.45) is 0.789. The van der Waals surface area contributed by atoms with Crippen LogP contribution in [0.25, 0.3) is 10.2 Å². The van der Waals surface area contributed by atoms with E-state index in [1.165, 1.54) is 11.3 Å². The van der Waals surface area contributed by atoms with Crippen LogP contribution in [0.4, 0.5) is 5.13 Å². The molecule has 3 aromatic rings. The molecule has 2 heterocycles. The van der Waals surface area contributed by atoms with Crippen molar-refractivity contribution in [3.8, 4) is 23.0 Å². The van der Waals surface area contributed by atoms with Gasteiger partial charge in [-0.1, -0.05) is 11.3 Å². The van der Waals surface area contributed by atoms with Crippen LogP contribution >= 0.6 is 11.3 Å². The summed E-state index contributed by atoms with van der Waals surface area (Å²) < 4.78 is 28.1. The number of rotatable bonds is 10. The highest BCUT2D eigenvalue weighted by Gasteiger charge is 2.25. The number of fused-ring (bicyclic) bond motifs is 1. The third-order valence-electron chi connectivity index (χ3n) is 5.93. The predicted octanol–water partition coefficient (Wildman–Crippen LogP) is 3.70. The van der Waals surface area contributed by atoms with Gasteiger partial charge in [0.2, 0.25) is 0 Å². The topological polar surface area (TPSA) is 82.6 Å². The van der Waals surface area contributed by atoms with Crippen molar-refractivity contribution in [2.75, 3.05) is 72.7 Å². The summed E-state index contributed by atoms with van der Waals surface area (Å²) >= 11 is 1.41. The van der Waals surface area contributed by atoms with E-state index in [1.54, 1.807) is 51.5 Å². The molecule has 1 aliphatic heterocycles. The second-order valence-electron chi connectivity index (χ2n) is 8.01. The van der Waals surface area contributed by atoms with Crippen LogP contribution in [0.15, 0.2) is 30.3 Å². The summed E-state index contributed by atoms with van der Waals surface area (Å²) in [4.78, 5) is 22.7. The van der Waals surface area contributed by atoms with Crippen molar-refractivity contribution in [2.45, 2.75) is 6.42 Å². The van der Waals surface area contributed by atoms with Gasteiger partial charge in [0, 0.05) is 37.8 Å². The first kappa shape index (κ1) is 25.0. The predicted molar refractivity (Wildman–Crippen MR) is 136 cm³/mol. The molecule has 10 heteroatoms. The molecular formula is C25H31N3O6S. The molecule has 1 saturated heterocycles. The Hall–Kier alpha value is -3.08. The van der Waals surface area contributed by atoms with Gasteiger partial charge in [-0.25, -0.2) is 4.98 Å². The Bertz CT molecular complexity index is 1100. The van der Waals surface area contributed by atoms with E-state index < -0.39 is 0 Å². The molecule has 35 heavy (non-hydrogen) atoms. The summed E-state index contributed by atoms with van der Waals surface area (Å²) in [5.74, 6) is 2.24. The number of aromatic nitrogens is 1. The number of hydrogen-bond donors (Lipinski definition) is 0. The molecule has 0 unspecified atom stereocenters. The fraction of sp³-hybridized carbons (Fsp3) is 0.440. The molecule has 1 amide bonds. The van der Waals surface area contributed by atoms with Crippen molar-refractivity contribution < 1.29 is 28.5 Å². The van der Waals surface area contributed by atoms with Gasteiger partial charge in [0.15, 0.2) is 5.13 Å². The molecule has 0 aliphatic carbocycles. The van der Waals surface area contributed by atoms with Gasteiger partial charge in [-0.2, -0.15) is 0 Å². The van der Waals surface area contributed by atoms with Crippen molar-refractivity contribution >= 4 is 32.6 Å². The molecule has 1 aromatic heterocycles. The molecule has 1 fully saturated rings. The minimum Gasteiger partial charge on any atom is -0.497 e. The first-order chi connectivity index (χ1) is 17.1. The summed E-state index contributed by atoms with van der Waals surface area (Å²) in [5, 5.41) is 0.580. The number of benzene rings is 2. The molecule has 188 valence electrons. The van der Waals surface area contributed by atoms with Gasteiger partial charge in [-0.3, -0.25) is 14.6 Å². The minimum atomic E-state index is -0.179. The third kappa shape index (κ3) is 5.61. The Labute approximate surface area is 209 Å². The number of thiazole rings is 1. The zero-order chi connectivity index (χ0) is 24.8. The summed E-state index contributed by atoms with van der Waals surface area (Å²) in [6, 6.07) is 8.85. The average molecular weight is 502 g/mol. The standard InChI is InChI=1S/C25H31N3O6S/c1-30-18-14-17(15-19(16-18)31-2)24(29)28(9-5-8-27-10-12-34-13-11-27)25-26-22-20(32-3)6-7-21(33-4)23(22)35-25/h6-7,14-16H,5,8-13H2,1-4H3. The van der Waals surface area contributed by atoms with Crippen molar-refractivity contribution in [1.29, 1.82) is 0 Å². The van der Waals surface area contributed by atoms with E-state index in [0.717, 1.165) is 44.0 Å². The molecule has 0 bridgehead atoms. The number of nitrogens with zero attached hydrogens (tertiary/aromatic N) is 3. The Morgan fingerprint density at radius 3 is 2.29 bits per heavy atom. The molecule has 1 aliphatic rings. The van der Waals surface area contributed by atoms with Crippen molar-refractivity contribution in [3.63, 3.8) is 0 Å². The van der Waals surface area contributed by atoms with Crippen molar-refractivity contribution in [3.05, 3.63) is 35.9 Å². The first-order valence-corrected chi connectivity index (χ1v) is 12.3. The van der Waals surface area contributed by atoms with E-state index in [-0.39, 0.29) is 5.91 Å². The second-order valence-corrected chi connectivity index (χ2v) is 8.99. The third-order valence-corrected chi connectivity index (χ3v) is 7.03. The van der Waals surface area contributed by atoms with Crippen LogP contribution in [0.5, 0.6) is 23.0 Å². The monoisotopic (exact) mass is 501 g/mol. The fourth-order valence-corrected chi connectivity index (χ4v) is 5.14. The Morgan fingerprint density at radius 2 is 1.66 bits per heavy atom. The highest BCUT2D eigenvalue weighted by Crippen LogP contribution is 2.40. The lowest BCUT2D eigenvalue weighted by Crippen LogP contribution is -2.39. The normalized spacial score (nSPS) is 14.1. The lowest BCUT2D eigenvalue weighted by molar-refractivity contribution is 0.0376. The maximum absolute atomic E-state index is 13.8. The molecular weight excluding hydrogens is 470 g/mol. The number of methoxy groups -OCH3 is 4. The molecule has 9 nitrogen and oxygen atoms in total. The number of amides is 1. The largest absolute Gasteiger partial charge is 0.497 e. The SMILES string of the molecule is COc1cc(OC)cc(C(=O)N(CCCN2CCOCC2)c2nc3c(OC)ccc(OC)c3s2)c1. The first-order valence-electron chi connectivity index (χ1n) is 11.4. The maximum atomic E-state index is 13.8. The van der Waals surface area contributed by atoms with Gasteiger partial charge in [0.05, 0.1) is 41.7 Å². The smallest absolute Gasteiger partial charge is 0.260 e. The highest BCUT2D eigenvalue weighted by molar-refractivity contribution is 7.22. The number of ether oxygens (including phenoxy) is 5. The van der Waals surface area contributed by atoms with E-state index in [2.05, 4.69) is 4.90 Å². The lowest BCUT2D eigenvalue weighted by Gasteiger charge is -2.27. The van der Waals surface area contributed by atoms with Crippen molar-refractivity contribution in [1.82, 2.24) is 9.88 Å². The average Bonchev–Trinajstić information content (AvgIpc) is 3.35. The number of carbonyl (C=O) groups is 1. The van der Waals surface area contributed by atoms with Gasteiger partial charge in [-0.15, -0.1) is 0 Å². The molecule has 0 N–H and O–H groups in total. The number of hydrogen-bond acceptors (Lipinski definition) is 9. The zero-order valence-corrected chi connectivity index (χ0v) is 21.4. The van der Waals surface area contributed by atoms with Gasteiger partial charge in [0.25, 0.3) is 5.91 Å². The van der Waals surface area contributed by atoms with E-state index in [4.69, 9.17) is 28.7 Å². The molecule has 0 radical (unpaired) electrons. The van der Waals surface area contributed by atoms with Crippen LogP contribution in [0, 0.1) is 0 Å². The van der Waals surface area contributed by atoms with Crippen LogP contribution in [0.3, 0.4) is 0 Å². The molecule has 0 atom stereocenters. The Balaban J connectivity index is 1.69. The quantitative estimate of drug-likeness (QED) is 0.416. The zero-order valence-electron chi connectivity index (χ0n) is 20.5. The van der Waals surface area contributed by atoms with Crippen molar-refractivity contribution in [2.24, 2.45) is 0 Å². The van der Waals surface area contributed by atoms with Gasteiger partial charge < -0.3 is 23.7 Å². The molecule has 0 spiro atoms. The molecule has 0 saturated carbocycles. The summed E-state index contributed by atoms with van der Waals surface area (Å²) in [6.45, 7) is 4.65. The van der Waals surface area contributed by atoms with Gasteiger partial charge in [0.1, 0.15) is 33.2 Å². The lowest BCUT2D eigenvalue weighted by atomic mass is 10.1. The Kier molecular flexibility index (Phi) is 8.27. The van der Waals surface area contributed by atoms with E-state index in [9.17, 15) is 4.79 Å². The molecule has 2 aromatic carbocycles. The van der Waals surface area contributed by atoms with E-state index in [0.29, 0.717) is 45.8 Å². The fourth-order valence-electron chi connectivity index (χ4n) is 4.04. The van der Waals surface area contributed by atoms with Crippen LogP contribution in [0.1, 0.15) is 16.8 Å². The van der Waals surface area contributed by atoms with Crippen LogP contribution < -0.4 is 23.8 Å². The van der Waals surface area contributed by atoms with Crippen LogP contribution in [0.2, 0.25) is 0 Å². The summed E-state index contributed by atoms with van der Waals surface area (Å²) in [5.41, 5.74) is 1.13. The summed E-state index contributed by atoms with van der Waals surface area (Å²) in [7, 11) is 6.35. The van der Waals surface area contributed by atoms with E-state index >= 15 is 0 Å². The number of anilines is 1. The molecule has 4 rings (SSSR count). The van der Waals surface area contributed by atoms with Gasteiger partial charge >= 0.3 is 0 Å².